The fraction of sp³-hybridized carbons (Fsp3) is 0.269. The van der Waals surface area contributed by atoms with Gasteiger partial charge in [0.2, 0.25) is 11.8 Å². The molecule has 0 spiro atoms. The van der Waals surface area contributed by atoms with Crippen LogP contribution in [0.15, 0.2) is 72.3 Å². The van der Waals surface area contributed by atoms with Crippen molar-refractivity contribution < 1.29 is 19.1 Å². The minimum atomic E-state index is -0.418. The van der Waals surface area contributed by atoms with E-state index in [0.29, 0.717) is 17.9 Å². The predicted molar refractivity (Wildman–Crippen MR) is 117 cm³/mol. The highest BCUT2D eigenvalue weighted by Crippen LogP contribution is 2.58. The molecule has 2 aliphatic carbocycles. The molecule has 2 aromatic rings. The Bertz CT molecular complexity index is 1100. The molecule has 2 amide bonds. The average Bonchev–Trinajstić information content (AvgIpc) is 3.43. The van der Waals surface area contributed by atoms with Gasteiger partial charge in [0, 0.05) is 11.8 Å². The zero-order valence-electron chi connectivity index (χ0n) is 17.4. The summed E-state index contributed by atoms with van der Waals surface area (Å²) in [6, 6.07) is 16.6. The summed E-state index contributed by atoms with van der Waals surface area (Å²) >= 11 is 0. The number of hydrogen-bond donors (Lipinski definition) is 0. The Labute approximate surface area is 181 Å². The first kappa shape index (κ1) is 19.5. The van der Waals surface area contributed by atoms with Gasteiger partial charge in [-0.1, -0.05) is 48.1 Å². The number of ether oxygens (including phenoxy) is 1. The molecule has 1 heterocycles. The van der Waals surface area contributed by atoms with E-state index in [0.717, 1.165) is 11.1 Å². The van der Waals surface area contributed by atoms with Crippen molar-refractivity contribution >= 4 is 29.0 Å². The monoisotopic (exact) mass is 413 g/mol. The lowest BCUT2D eigenvalue weighted by Crippen LogP contribution is -2.33. The molecule has 1 saturated carbocycles. The second-order valence-electron chi connectivity index (χ2n) is 8.21. The average molecular weight is 413 g/mol. The minimum absolute atomic E-state index is 0.0459. The molecule has 156 valence electrons. The number of nitrogens with zero attached hydrogens (tertiary/aromatic N) is 1. The Morgan fingerprint density at radius 2 is 1.45 bits per heavy atom. The fourth-order valence-corrected chi connectivity index (χ4v) is 5.33. The molecular formula is C26H23NO4. The standard InChI is InChI=1S/C26H23NO4/c1-3-31-26(30)17-9-11-18(12-10-17)27-24(28)22-19-13-14-20(23(22)25(27)29)21(19)15(2)16-7-5-4-6-8-16/h4-14,19-20,22-23H,3H2,1-2H3/t19-,20-,22-,23-/m0/s1. The molecule has 31 heavy (non-hydrogen) atoms. The Morgan fingerprint density at radius 3 is 2.00 bits per heavy atom. The molecule has 2 fully saturated rings. The van der Waals surface area contributed by atoms with Gasteiger partial charge in [0.15, 0.2) is 0 Å². The summed E-state index contributed by atoms with van der Waals surface area (Å²) in [6.45, 7) is 4.12. The molecule has 0 aromatic heterocycles. The molecule has 1 aliphatic heterocycles. The molecule has 1 saturated heterocycles. The lowest BCUT2D eigenvalue weighted by molar-refractivity contribution is -0.122. The Morgan fingerprint density at radius 1 is 0.871 bits per heavy atom. The lowest BCUT2D eigenvalue weighted by atomic mass is 9.85. The Balaban J connectivity index is 1.46. The molecule has 3 aliphatic rings. The van der Waals surface area contributed by atoms with Crippen LogP contribution < -0.4 is 4.90 Å². The number of rotatable bonds is 4. The maximum absolute atomic E-state index is 13.4. The van der Waals surface area contributed by atoms with Crippen LogP contribution in [0, 0.1) is 23.7 Å². The number of imide groups is 1. The zero-order valence-corrected chi connectivity index (χ0v) is 17.4. The number of esters is 1. The van der Waals surface area contributed by atoms with Gasteiger partial charge in [0.25, 0.3) is 0 Å². The summed E-state index contributed by atoms with van der Waals surface area (Å²) < 4.78 is 5.00. The number of amides is 2. The van der Waals surface area contributed by atoms with Crippen molar-refractivity contribution in [2.45, 2.75) is 13.8 Å². The van der Waals surface area contributed by atoms with Crippen LogP contribution in [0.25, 0.3) is 5.57 Å². The maximum Gasteiger partial charge on any atom is 0.338 e. The highest BCUT2D eigenvalue weighted by molar-refractivity contribution is 6.23. The van der Waals surface area contributed by atoms with E-state index < -0.39 is 5.97 Å². The van der Waals surface area contributed by atoms with E-state index in [9.17, 15) is 14.4 Å². The summed E-state index contributed by atoms with van der Waals surface area (Å²) in [4.78, 5) is 39.9. The molecule has 2 bridgehead atoms. The van der Waals surface area contributed by atoms with Gasteiger partial charge in [0.05, 0.1) is 29.7 Å². The van der Waals surface area contributed by atoms with Crippen LogP contribution in [0.4, 0.5) is 5.69 Å². The van der Waals surface area contributed by atoms with Gasteiger partial charge in [0.1, 0.15) is 0 Å². The van der Waals surface area contributed by atoms with E-state index in [1.54, 1.807) is 31.2 Å². The second-order valence-corrected chi connectivity index (χ2v) is 8.21. The van der Waals surface area contributed by atoms with Gasteiger partial charge in [-0.25, -0.2) is 9.69 Å². The highest BCUT2D eigenvalue weighted by Gasteiger charge is 2.62. The minimum Gasteiger partial charge on any atom is -0.462 e. The predicted octanol–water partition coefficient (Wildman–Crippen LogP) is 4.26. The van der Waals surface area contributed by atoms with Gasteiger partial charge < -0.3 is 4.74 Å². The first-order valence-corrected chi connectivity index (χ1v) is 10.6. The van der Waals surface area contributed by atoms with Crippen LogP contribution >= 0.6 is 0 Å². The van der Waals surface area contributed by atoms with Gasteiger partial charge in [-0.3, -0.25) is 9.59 Å². The van der Waals surface area contributed by atoms with Crippen LogP contribution in [0.5, 0.6) is 0 Å². The summed E-state index contributed by atoms with van der Waals surface area (Å²) in [5, 5.41) is 0. The van der Waals surface area contributed by atoms with Crippen LogP contribution in [0.3, 0.4) is 0 Å². The van der Waals surface area contributed by atoms with E-state index in [-0.39, 0.29) is 35.5 Å². The largest absolute Gasteiger partial charge is 0.462 e. The molecule has 5 rings (SSSR count). The van der Waals surface area contributed by atoms with Crippen molar-refractivity contribution in [2.75, 3.05) is 11.5 Å². The topological polar surface area (TPSA) is 63.7 Å². The van der Waals surface area contributed by atoms with E-state index in [1.165, 1.54) is 10.5 Å². The van der Waals surface area contributed by atoms with Crippen molar-refractivity contribution in [2.24, 2.45) is 23.7 Å². The maximum atomic E-state index is 13.4. The third-order valence-electron chi connectivity index (χ3n) is 6.69. The third-order valence-corrected chi connectivity index (χ3v) is 6.69. The van der Waals surface area contributed by atoms with Crippen molar-refractivity contribution in [1.29, 1.82) is 0 Å². The van der Waals surface area contributed by atoms with Crippen molar-refractivity contribution in [3.05, 3.63) is 83.4 Å². The molecule has 5 nitrogen and oxygen atoms in total. The van der Waals surface area contributed by atoms with Crippen LogP contribution in [-0.2, 0) is 14.3 Å². The van der Waals surface area contributed by atoms with Crippen LogP contribution in [0.2, 0.25) is 0 Å². The van der Waals surface area contributed by atoms with Gasteiger partial charge in [-0.2, -0.15) is 0 Å². The molecule has 4 atom stereocenters. The number of anilines is 1. The Hall–Kier alpha value is -3.47. The van der Waals surface area contributed by atoms with E-state index >= 15 is 0 Å². The van der Waals surface area contributed by atoms with Crippen LogP contribution in [-0.4, -0.2) is 24.4 Å². The lowest BCUT2D eigenvalue weighted by Gasteiger charge is -2.20. The first-order chi connectivity index (χ1) is 15.0. The Kier molecular flexibility index (Phi) is 4.62. The molecule has 5 heteroatoms. The second kappa shape index (κ2) is 7.34. The zero-order chi connectivity index (χ0) is 21.7. The summed E-state index contributed by atoms with van der Waals surface area (Å²) in [5.74, 6) is -1.55. The molecule has 0 N–H and O–H groups in total. The number of hydrogen-bond acceptors (Lipinski definition) is 4. The van der Waals surface area contributed by atoms with E-state index in [2.05, 4.69) is 31.2 Å². The van der Waals surface area contributed by atoms with Gasteiger partial charge in [-0.05, 0) is 49.2 Å². The summed E-state index contributed by atoms with van der Waals surface area (Å²) in [5.41, 5.74) is 4.38. The smallest absolute Gasteiger partial charge is 0.338 e. The normalized spacial score (nSPS) is 25.9. The molecule has 2 aromatic carbocycles. The SMILES string of the molecule is CCOC(=O)c1ccc(N2C(=O)[C@@H]3[C@@H](C2=O)[C@H]2C=C[C@H]3C2=C(C)c2ccccc2)cc1. The van der Waals surface area contributed by atoms with Gasteiger partial charge in [-0.15, -0.1) is 0 Å². The number of carbonyl (C=O) groups excluding carboxylic acids is 3. The number of fused-ring (bicyclic) bond motifs is 5. The third kappa shape index (κ3) is 2.87. The summed E-state index contributed by atoms with van der Waals surface area (Å²) in [7, 11) is 0. The molecule has 0 unspecified atom stereocenters. The number of carbonyl (C=O) groups is 3. The van der Waals surface area contributed by atoms with Crippen molar-refractivity contribution in [3.8, 4) is 0 Å². The number of benzene rings is 2. The highest BCUT2D eigenvalue weighted by atomic mass is 16.5. The quantitative estimate of drug-likeness (QED) is 0.427. The molecular weight excluding hydrogens is 390 g/mol. The first-order valence-electron chi connectivity index (χ1n) is 10.6. The summed E-state index contributed by atoms with van der Waals surface area (Å²) in [6.07, 6.45) is 4.18. The van der Waals surface area contributed by atoms with Crippen molar-refractivity contribution in [1.82, 2.24) is 0 Å². The molecule has 0 radical (unpaired) electrons. The number of allylic oxidation sites excluding steroid dienone is 4. The fourth-order valence-electron chi connectivity index (χ4n) is 5.33. The van der Waals surface area contributed by atoms with Crippen LogP contribution in [0.1, 0.15) is 29.8 Å². The van der Waals surface area contributed by atoms with E-state index in [1.807, 2.05) is 18.2 Å². The van der Waals surface area contributed by atoms with Crippen molar-refractivity contribution in [3.63, 3.8) is 0 Å². The van der Waals surface area contributed by atoms with E-state index in [4.69, 9.17) is 4.74 Å². The van der Waals surface area contributed by atoms with Gasteiger partial charge >= 0.3 is 5.97 Å².